The molecule has 2 aromatic carbocycles. The first-order valence-corrected chi connectivity index (χ1v) is 8.14. The molecular weight excluding hydrogens is 355 g/mol. The Kier molecular flexibility index (Phi) is 6.23. The van der Waals surface area contributed by atoms with Gasteiger partial charge in [0.25, 0.3) is 0 Å². The second-order valence-corrected chi connectivity index (χ2v) is 6.36. The van der Waals surface area contributed by atoms with Crippen molar-refractivity contribution in [3.63, 3.8) is 0 Å². The van der Waals surface area contributed by atoms with Crippen LogP contribution in [0.15, 0.2) is 51.8 Å². The average molecular weight is 371 g/mol. The Labute approximate surface area is 136 Å². The molecule has 0 aliphatic heterocycles. The van der Waals surface area contributed by atoms with E-state index in [0.29, 0.717) is 11.3 Å². The first kappa shape index (κ1) is 16.5. The number of thioether (sulfide) groups is 1. The van der Waals surface area contributed by atoms with Crippen LogP contribution in [0.5, 0.6) is 0 Å². The van der Waals surface area contributed by atoms with Gasteiger partial charge in [-0.3, -0.25) is 0 Å². The lowest BCUT2D eigenvalue weighted by atomic mass is 10.2. The van der Waals surface area contributed by atoms with E-state index in [1.54, 1.807) is 32.0 Å². The predicted octanol–water partition coefficient (Wildman–Crippen LogP) is 5.17. The topological polar surface area (TPSA) is 18.5 Å². The summed E-state index contributed by atoms with van der Waals surface area (Å²) in [5.74, 6) is 0.406. The quantitative estimate of drug-likeness (QED) is 0.516. The number of methoxy groups -OCH3 is 2. The zero-order valence-corrected chi connectivity index (χ0v) is 14.2. The smallest absolute Gasteiger partial charge is 0.183 e. The predicted molar refractivity (Wildman–Crippen MR) is 86.9 cm³/mol. The fourth-order valence-corrected chi connectivity index (χ4v) is 3.19. The molecule has 0 N–H and O–H groups in total. The highest BCUT2D eigenvalue weighted by molar-refractivity contribution is 9.10. The first-order valence-electron chi connectivity index (χ1n) is 6.36. The van der Waals surface area contributed by atoms with Crippen molar-refractivity contribution in [1.82, 2.24) is 0 Å². The minimum atomic E-state index is -0.355. The SMILES string of the molecule is COC(OC)c1ccc(SCc2cc(Br)ccc2F)cc1. The molecule has 112 valence electrons. The molecule has 0 heterocycles. The number of rotatable bonds is 6. The van der Waals surface area contributed by atoms with E-state index in [1.165, 1.54) is 6.07 Å². The summed E-state index contributed by atoms with van der Waals surface area (Å²) >= 11 is 4.95. The van der Waals surface area contributed by atoms with E-state index in [1.807, 2.05) is 30.3 Å². The second-order valence-electron chi connectivity index (χ2n) is 4.40. The monoisotopic (exact) mass is 370 g/mol. The molecule has 0 fully saturated rings. The summed E-state index contributed by atoms with van der Waals surface area (Å²) in [6.07, 6.45) is -0.355. The van der Waals surface area contributed by atoms with E-state index < -0.39 is 0 Å². The minimum absolute atomic E-state index is 0.179. The number of benzene rings is 2. The van der Waals surface area contributed by atoms with Crippen LogP contribution in [0.1, 0.15) is 17.4 Å². The summed E-state index contributed by atoms with van der Waals surface area (Å²) in [4.78, 5) is 1.07. The van der Waals surface area contributed by atoms with Crippen molar-refractivity contribution in [1.29, 1.82) is 0 Å². The third kappa shape index (κ3) is 4.54. The normalized spacial score (nSPS) is 11.1. The Morgan fingerprint density at radius 3 is 2.38 bits per heavy atom. The van der Waals surface area contributed by atoms with Gasteiger partial charge in [0.1, 0.15) is 5.82 Å². The molecule has 2 aromatic rings. The molecule has 0 atom stereocenters. The Balaban J connectivity index is 2.02. The number of ether oxygens (including phenoxy) is 2. The molecule has 0 bridgehead atoms. The highest BCUT2D eigenvalue weighted by Crippen LogP contribution is 2.27. The van der Waals surface area contributed by atoms with Gasteiger partial charge in [-0.15, -0.1) is 11.8 Å². The largest absolute Gasteiger partial charge is 0.352 e. The zero-order chi connectivity index (χ0) is 15.2. The molecule has 0 unspecified atom stereocenters. The number of hydrogen-bond donors (Lipinski definition) is 0. The van der Waals surface area contributed by atoms with Crippen LogP contribution >= 0.6 is 27.7 Å². The summed E-state index contributed by atoms with van der Waals surface area (Å²) in [5.41, 5.74) is 1.64. The lowest BCUT2D eigenvalue weighted by molar-refractivity contribution is -0.106. The summed E-state index contributed by atoms with van der Waals surface area (Å²) < 4.78 is 25.0. The van der Waals surface area contributed by atoms with Crippen LogP contribution in [0.25, 0.3) is 0 Å². The van der Waals surface area contributed by atoms with Crippen LogP contribution in [0.2, 0.25) is 0 Å². The molecule has 2 rings (SSSR count). The second kappa shape index (κ2) is 7.94. The van der Waals surface area contributed by atoms with Gasteiger partial charge in [0, 0.05) is 34.9 Å². The molecule has 2 nitrogen and oxygen atoms in total. The van der Waals surface area contributed by atoms with Crippen molar-refractivity contribution in [2.24, 2.45) is 0 Å². The lowest BCUT2D eigenvalue weighted by Crippen LogP contribution is -2.02. The fraction of sp³-hybridized carbons (Fsp3) is 0.250. The van der Waals surface area contributed by atoms with Gasteiger partial charge in [-0.1, -0.05) is 28.1 Å². The summed E-state index contributed by atoms with van der Waals surface area (Å²) in [6, 6.07) is 12.9. The molecule has 0 saturated heterocycles. The van der Waals surface area contributed by atoms with Crippen LogP contribution in [0.4, 0.5) is 4.39 Å². The molecular formula is C16H16BrFO2S. The molecule has 0 aromatic heterocycles. The highest BCUT2D eigenvalue weighted by Gasteiger charge is 2.09. The van der Waals surface area contributed by atoms with E-state index in [4.69, 9.17) is 9.47 Å². The molecule has 0 saturated carbocycles. The van der Waals surface area contributed by atoms with Crippen molar-refractivity contribution in [2.45, 2.75) is 16.9 Å². The van der Waals surface area contributed by atoms with Gasteiger partial charge in [0.15, 0.2) is 6.29 Å². The number of hydrogen-bond acceptors (Lipinski definition) is 3. The Bertz CT molecular complexity index is 585. The van der Waals surface area contributed by atoms with Gasteiger partial charge in [-0.05, 0) is 35.9 Å². The third-order valence-corrected chi connectivity index (χ3v) is 4.54. The Morgan fingerprint density at radius 2 is 1.76 bits per heavy atom. The highest BCUT2D eigenvalue weighted by atomic mass is 79.9. The zero-order valence-electron chi connectivity index (χ0n) is 11.8. The fourth-order valence-electron chi connectivity index (χ4n) is 1.90. The van der Waals surface area contributed by atoms with E-state index in [2.05, 4.69) is 15.9 Å². The number of halogens is 2. The van der Waals surface area contributed by atoms with Gasteiger partial charge in [0.05, 0.1) is 0 Å². The van der Waals surface area contributed by atoms with E-state index in [0.717, 1.165) is 14.9 Å². The minimum Gasteiger partial charge on any atom is -0.352 e. The van der Waals surface area contributed by atoms with Crippen LogP contribution in [-0.2, 0) is 15.2 Å². The standard InChI is InChI=1S/C16H16BrFO2S/c1-19-16(20-2)11-3-6-14(7-4-11)21-10-12-9-13(17)5-8-15(12)18/h3-9,16H,10H2,1-2H3. The van der Waals surface area contributed by atoms with Gasteiger partial charge in [-0.25, -0.2) is 4.39 Å². The van der Waals surface area contributed by atoms with Crippen LogP contribution in [0, 0.1) is 5.82 Å². The summed E-state index contributed by atoms with van der Waals surface area (Å²) in [5, 5.41) is 0. The van der Waals surface area contributed by atoms with Gasteiger partial charge in [0.2, 0.25) is 0 Å². The van der Waals surface area contributed by atoms with Crippen molar-refractivity contribution in [3.05, 3.63) is 63.9 Å². The Hall–Kier alpha value is -0.880. The van der Waals surface area contributed by atoms with Gasteiger partial charge >= 0.3 is 0 Å². The van der Waals surface area contributed by atoms with E-state index in [-0.39, 0.29) is 12.1 Å². The third-order valence-electron chi connectivity index (χ3n) is 2.98. The van der Waals surface area contributed by atoms with E-state index in [9.17, 15) is 4.39 Å². The molecule has 0 amide bonds. The maximum Gasteiger partial charge on any atom is 0.183 e. The van der Waals surface area contributed by atoms with E-state index >= 15 is 0 Å². The Morgan fingerprint density at radius 1 is 1.10 bits per heavy atom. The summed E-state index contributed by atoms with van der Waals surface area (Å²) in [6.45, 7) is 0. The molecule has 0 spiro atoms. The van der Waals surface area contributed by atoms with Crippen LogP contribution in [-0.4, -0.2) is 14.2 Å². The van der Waals surface area contributed by atoms with Gasteiger partial charge < -0.3 is 9.47 Å². The molecule has 0 aliphatic carbocycles. The average Bonchev–Trinajstić information content (AvgIpc) is 2.51. The lowest BCUT2D eigenvalue weighted by Gasteiger charge is -2.13. The van der Waals surface area contributed by atoms with Crippen molar-refractivity contribution >= 4 is 27.7 Å². The molecule has 5 heteroatoms. The van der Waals surface area contributed by atoms with Gasteiger partial charge in [-0.2, -0.15) is 0 Å². The molecule has 0 radical (unpaired) electrons. The molecule has 21 heavy (non-hydrogen) atoms. The van der Waals surface area contributed by atoms with Crippen molar-refractivity contribution < 1.29 is 13.9 Å². The summed E-state index contributed by atoms with van der Waals surface area (Å²) in [7, 11) is 3.21. The maximum atomic E-state index is 13.7. The van der Waals surface area contributed by atoms with Crippen LogP contribution < -0.4 is 0 Å². The van der Waals surface area contributed by atoms with Crippen molar-refractivity contribution in [2.75, 3.05) is 14.2 Å². The first-order chi connectivity index (χ1) is 10.1. The maximum absolute atomic E-state index is 13.7. The van der Waals surface area contributed by atoms with Crippen LogP contribution in [0.3, 0.4) is 0 Å². The molecule has 0 aliphatic rings. The van der Waals surface area contributed by atoms with Crippen molar-refractivity contribution in [3.8, 4) is 0 Å².